The Morgan fingerprint density at radius 3 is 2.67 bits per heavy atom. The van der Waals surface area contributed by atoms with Crippen molar-refractivity contribution in [1.29, 1.82) is 0 Å². The fourth-order valence-corrected chi connectivity index (χ4v) is 1.46. The summed E-state index contributed by atoms with van der Waals surface area (Å²) in [6.07, 6.45) is -0.482. The second-order valence-corrected chi connectivity index (χ2v) is 5.66. The Hall–Kier alpha value is -2.09. The van der Waals surface area contributed by atoms with E-state index in [1.165, 1.54) is 6.07 Å². The van der Waals surface area contributed by atoms with Crippen LogP contribution in [0, 0.1) is 10.1 Å². The first-order chi connectivity index (χ1) is 9.67. The van der Waals surface area contributed by atoms with Crippen LogP contribution in [0.2, 0.25) is 0 Å². The first-order valence-electron chi connectivity index (χ1n) is 6.60. The number of hydrogen-bond acceptors (Lipinski definition) is 6. The maximum absolute atomic E-state index is 11.5. The van der Waals surface area contributed by atoms with E-state index in [1.54, 1.807) is 26.8 Å². The fourth-order valence-electron chi connectivity index (χ4n) is 1.46. The van der Waals surface area contributed by atoms with Crippen LogP contribution in [-0.2, 0) is 11.3 Å². The SMILES string of the molecule is CC(CNC(=O)OC(C)(C)C)NCc1ccc([N+](=O)[O-])o1. The van der Waals surface area contributed by atoms with E-state index in [9.17, 15) is 14.9 Å². The van der Waals surface area contributed by atoms with Gasteiger partial charge in [-0.25, -0.2) is 4.79 Å². The summed E-state index contributed by atoms with van der Waals surface area (Å²) in [7, 11) is 0. The highest BCUT2D eigenvalue weighted by Gasteiger charge is 2.16. The van der Waals surface area contributed by atoms with Gasteiger partial charge in [-0.15, -0.1) is 0 Å². The monoisotopic (exact) mass is 299 g/mol. The molecule has 21 heavy (non-hydrogen) atoms. The van der Waals surface area contributed by atoms with Crippen LogP contribution in [0.4, 0.5) is 10.7 Å². The normalized spacial score (nSPS) is 12.8. The molecule has 0 spiro atoms. The highest BCUT2D eigenvalue weighted by molar-refractivity contribution is 5.67. The van der Waals surface area contributed by atoms with Gasteiger partial charge in [0, 0.05) is 12.6 Å². The third-order valence-electron chi connectivity index (χ3n) is 2.40. The summed E-state index contributed by atoms with van der Waals surface area (Å²) >= 11 is 0. The number of carbonyl (C=O) groups excluding carboxylic acids is 1. The zero-order valence-corrected chi connectivity index (χ0v) is 12.6. The van der Waals surface area contributed by atoms with Gasteiger partial charge >= 0.3 is 12.0 Å². The maximum atomic E-state index is 11.5. The molecule has 1 atom stereocenters. The Morgan fingerprint density at radius 2 is 2.14 bits per heavy atom. The van der Waals surface area contributed by atoms with Crippen LogP contribution >= 0.6 is 0 Å². The van der Waals surface area contributed by atoms with E-state index in [4.69, 9.17) is 9.15 Å². The van der Waals surface area contributed by atoms with Crippen molar-refractivity contribution in [3.8, 4) is 0 Å². The molecule has 0 saturated heterocycles. The molecule has 8 nitrogen and oxygen atoms in total. The van der Waals surface area contributed by atoms with Gasteiger partial charge in [-0.2, -0.15) is 0 Å². The van der Waals surface area contributed by atoms with Crippen molar-refractivity contribution in [1.82, 2.24) is 10.6 Å². The van der Waals surface area contributed by atoms with Crippen LogP contribution in [0.25, 0.3) is 0 Å². The van der Waals surface area contributed by atoms with Gasteiger partial charge in [0.05, 0.1) is 12.6 Å². The summed E-state index contributed by atoms with van der Waals surface area (Å²) in [6, 6.07) is 2.81. The van der Waals surface area contributed by atoms with Crippen LogP contribution in [0.3, 0.4) is 0 Å². The Bertz CT molecular complexity index is 492. The number of nitro groups is 1. The van der Waals surface area contributed by atoms with E-state index in [0.29, 0.717) is 18.8 Å². The lowest BCUT2D eigenvalue weighted by molar-refractivity contribution is -0.402. The molecular weight excluding hydrogens is 278 g/mol. The van der Waals surface area contributed by atoms with Gasteiger partial charge in [0.1, 0.15) is 16.3 Å². The Labute approximate surface area is 123 Å². The van der Waals surface area contributed by atoms with Crippen molar-refractivity contribution in [2.45, 2.75) is 45.9 Å². The molecule has 118 valence electrons. The van der Waals surface area contributed by atoms with Gasteiger partial charge in [0.2, 0.25) is 0 Å². The number of furan rings is 1. The average molecular weight is 299 g/mol. The van der Waals surface area contributed by atoms with Gasteiger partial charge in [0.25, 0.3) is 0 Å². The van der Waals surface area contributed by atoms with Crippen molar-refractivity contribution in [2.75, 3.05) is 6.54 Å². The van der Waals surface area contributed by atoms with E-state index in [0.717, 1.165) is 0 Å². The van der Waals surface area contributed by atoms with Crippen LogP contribution in [0.15, 0.2) is 16.5 Å². The van der Waals surface area contributed by atoms with Crippen molar-refractivity contribution in [3.63, 3.8) is 0 Å². The molecule has 1 rings (SSSR count). The number of ether oxygens (including phenoxy) is 1. The van der Waals surface area contributed by atoms with Gasteiger partial charge in [-0.05, 0) is 33.8 Å². The minimum atomic E-state index is -0.586. The third-order valence-corrected chi connectivity index (χ3v) is 2.40. The molecule has 1 unspecified atom stereocenters. The molecule has 0 aliphatic carbocycles. The third kappa shape index (κ3) is 6.75. The van der Waals surface area contributed by atoms with Crippen LogP contribution in [0.1, 0.15) is 33.5 Å². The van der Waals surface area contributed by atoms with Gasteiger partial charge in [0.15, 0.2) is 0 Å². The number of carbonyl (C=O) groups is 1. The lowest BCUT2D eigenvalue weighted by Crippen LogP contribution is -2.40. The minimum absolute atomic E-state index is 0.0401. The number of nitrogens with zero attached hydrogens (tertiary/aromatic N) is 1. The predicted octanol–water partition coefficient (Wildman–Crippen LogP) is 2.19. The number of nitrogens with one attached hydrogen (secondary N) is 2. The first kappa shape index (κ1) is 17.0. The molecule has 2 N–H and O–H groups in total. The van der Waals surface area contributed by atoms with Crippen LogP contribution < -0.4 is 10.6 Å². The van der Waals surface area contributed by atoms with E-state index >= 15 is 0 Å². The first-order valence-corrected chi connectivity index (χ1v) is 6.60. The smallest absolute Gasteiger partial charge is 0.433 e. The molecular formula is C13H21N3O5. The molecule has 0 fully saturated rings. The second kappa shape index (κ2) is 7.07. The zero-order valence-electron chi connectivity index (χ0n) is 12.6. The van der Waals surface area contributed by atoms with E-state index in [-0.39, 0.29) is 11.9 Å². The topological polar surface area (TPSA) is 107 Å². The molecule has 0 radical (unpaired) electrons. The van der Waals surface area contributed by atoms with E-state index in [1.807, 2.05) is 6.92 Å². The lowest BCUT2D eigenvalue weighted by Gasteiger charge is -2.21. The summed E-state index contributed by atoms with van der Waals surface area (Å²) in [5, 5.41) is 16.2. The summed E-state index contributed by atoms with van der Waals surface area (Å²) in [6.45, 7) is 7.95. The summed E-state index contributed by atoms with van der Waals surface area (Å²) in [5.74, 6) is 0.178. The van der Waals surface area contributed by atoms with Crippen LogP contribution in [0.5, 0.6) is 0 Å². The summed E-state index contributed by atoms with van der Waals surface area (Å²) in [4.78, 5) is 21.3. The standard InChI is InChI=1S/C13H21N3O5/c1-9(7-15-12(17)21-13(2,3)4)14-8-10-5-6-11(20-10)16(18)19/h5-6,9,14H,7-8H2,1-4H3,(H,15,17). The van der Waals surface area contributed by atoms with Crippen molar-refractivity contribution >= 4 is 12.0 Å². The Balaban J connectivity index is 2.29. The molecule has 1 heterocycles. The minimum Gasteiger partial charge on any atom is -0.444 e. The predicted molar refractivity (Wildman–Crippen MR) is 75.9 cm³/mol. The lowest BCUT2D eigenvalue weighted by atomic mass is 10.2. The molecule has 0 aliphatic rings. The largest absolute Gasteiger partial charge is 0.444 e. The molecule has 1 amide bonds. The molecule has 0 saturated carbocycles. The maximum Gasteiger partial charge on any atom is 0.433 e. The number of hydrogen-bond donors (Lipinski definition) is 2. The van der Waals surface area contributed by atoms with Gasteiger partial charge in [-0.1, -0.05) is 0 Å². The summed E-state index contributed by atoms with van der Waals surface area (Å²) in [5.41, 5.74) is -0.534. The van der Waals surface area contributed by atoms with Crippen LogP contribution in [-0.4, -0.2) is 29.2 Å². The molecule has 0 bridgehead atoms. The van der Waals surface area contributed by atoms with Crippen molar-refractivity contribution < 1.29 is 18.9 Å². The number of amides is 1. The average Bonchev–Trinajstić information content (AvgIpc) is 2.80. The molecule has 8 heteroatoms. The van der Waals surface area contributed by atoms with Gasteiger partial charge in [-0.3, -0.25) is 10.1 Å². The Kier molecular flexibility index (Phi) is 5.71. The molecule has 0 aromatic carbocycles. The fraction of sp³-hybridized carbons (Fsp3) is 0.615. The van der Waals surface area contributed by atoms with E-state index < -0.39 is 16.6 Å². The van der Waals surface area contributed by atoms with Crippen molar-refractivity contribution in [3.05, 3.63) is 28.0 Å². The second-order valence-electron chi connectivity index (χ2n) is 5.66. The molecule has 1 aromatic rings. The highest BCUT2D eigenvalue weighted by atomic mass is 16.6. The quantitative estimate of drug-likeness (QED) is 0.616. The van der Waals surface area contributed by atoms with Gasteiger partial charge < -0.3 is 19.8 Å². The summed E-state index contributed by atoms with van der Waals surface area (Å²) < 4.78 is 10.1. The van der Waals surface area contributed by atoms with E-state index in [2.05, 4.69) is 10.6 Å². The molecule has 1 aromatic heterocycles. The van der Waals surface area contributed by atoms with Crippen molar-refractivity contribution in [2.24, 2.45) is 0 Å². The Morgan fingerprint density at radius 1 is 1.48 bits per heavy atom. The molecule has 0 aliphatic heterocycles. The zero-order chi connectivity index (χ0) is 16.0. The number of rotatable bonds is 6. The number of alkyl carbamates (subject to hydrolysis) is 1. The highest BCUT2D eigenvalue weighted by Crippen LogP contribution is 2.15.